The second-order valence-corrected chi connectivity index (χ2v) is 9.31. The Labute approximate surface area is 167 Å². The third-order valence-electron chi connectivity index (χ3n) is 3.44. The summed E-state index contributed by atoms with van der Waals surface area (Å²) in [6.45, 7) is 18.0. The van der Waals surface area contributed by atoms with Crippen LogP contribution < -0.4 is 10.6 Å². The quantitative estimate of drug-likeness (QED) is 0.770. The summed E-state index contributed by atoms with van der Waals surface area (Å²) in [7, 11) is 0. The van der Waals surface area contributed by atoms with Gasteiger partial charge < -0.3 is 15.2 Å². The molecule has 0 aromatic carbocycles. The first-order valence-corrected chi connectivity index (χ1v) is 9.47. The minimum Gasteiger partial charge on any atom is -0.443 e. The van der Waals surface area contributed by atoms with Crippen LogP contribution >= 0.6 is 0 Å². The molecule has 28 heavy (non-hydrogen) atoms. The molecule has 0 aliphatic rings. The summed E-state index contributed by atoms with van der Waals surface area (Å²) in [6.07, 6.45) is -1.81. The van der Waals surface area contributed by atoms with Crippen molar-refractivity contribution in [3.8, 4) is 0 Å². The molecule has 1 heterocycles. The average Bonchev–Trinajstić information content (AvgIpc) is 2.44. The molecular formula is C20H34N4O4. The number of nitrogen functional groups attached to an aromatic ring is 1. The van der Waals surface area contributed by atoms with E-state index in [0.717, 1.165) is 4.90 Å². The van der Waals surface area contributed by atoms with Gasteiger partial charge in [-0.05, 0) is 53.4 Å². The molecule has 0 aliphatic heterocycles. The van der Waals surface area contributed by atoms with Gasteiger partial charge in [-0.2, -0.15) is 0 Å². The van der Waals surface area contributed by atoms with Gasteiger partial charge in [0.15, 0.2) is 0 Å². The van der Waals surface area contributed by atoms with Crippen molar-refractivity contribution in [3.63, 3.8) is 0 Å². The molecule has 0 fully saturated rings. The van der Waals surface area contributed by atoms with Crippen molar-refractivity contribution in [2.24, 2.45) is 0 Å². The van der Waals surface area contributed by atoms with E-state index in [9.17, 15) is 9.59 Å². The average molecular weight is 395 g/mol. The molecule has 0 saturated heterocycles. The van der Waals surface area contributed by atoms with Gasteiger partial charge in [0.25, 0.3) is 0 Å². The molecule has 0 bridgehead atoms. The highest BCUT2D eigenvalue weighted by molar-refractivity contribution is 6.08. The van der Waals surface area contributed by atoms with Crippen molar-refractivity contribution in [2.45, 2.75) is 92.3 Å². The monoisotopic (exact) mass is 394 g/mol. The minimum absolute atomic E-state index is 0.0293. The van der Waals surface area contributed by atoms with Crippen LogP contribution in [0.4, 0.5) is 21.2 Å². The molecule has 1 aromatic heterocycles. The first-order chi connectivity index (χ1) is 12.5. The van der Waals surface area contributed by atoms with E-state index in [-0.39, 0.29) is 17.8 Å². The summed E-state index contributed by atoms with van der Waals surface area (Å²) in [5.74, 6) is -0.165. The van der Waals surface area contributed by atoms with Crippen molar-refractivity contribution in [1.82, 2.24) is 9.97 Å². The molecule has 2 amide bonds. The molecule has 0 aliphatic carbocycles. The number of nitrogens with zero attached hydrogens (tertiary/aromatic N) is 3. The molecule has 2 N–H and O–H groups in total. The zero-order valence-electron chi connectivity index (χ0n) is 18.7. The molecule has 0 unspecified atom stereocenters. The number of carbonyl (C=O) groups excluding carboxylic acids is 2. The first-order valence-electron chi connectivity index (χ1n) is 9.47. The van der Waals surface area contributed by atoms with Crippen LogP contribution in [-0.2, 0) is 9.47 Å². The minimum atomic E-state index is -0.907. The summed E-state index contributed by atoms with van der Waals surface area (Å²) >= 11 is 0. The summed E-state index contributed by atoms with van der Waals surface area (Å²) in [4.78, 5) is 35.2. The largest absolute Gasteiger partial charge is 0.443 e. The second kappa shape index (κ2) is 8.32. The van der Waals surface area contributed by atoms with Crippen molar-refractivity contribution in [2.75, 3.05) is 10.6 Å². The van der Waals surface area contributed by atoms with E-state index in [0.29, 0.717) is 17.1 Å². The molecule has 0 atom stereocenters. The third-order valence-corrected chi connectivity index (χ3v) is 3.44. The van der Waals surface area contributed by atoms with E-state index in [1.54, 1.807) is 41.5 Å². The number of aromatic nitrogens is 2. The van der Waals surface area contributed by atoms with E-state index >= 15 is 0 Å². The Kier molecular flexibility index (Phi) is 7.03. The summed E-state index contributed by atoms with van der Waals surface area (Å²) in [5.41, 5.74) is 6.19. The standard InChI is InChI=1S/C20H34N4O4/c1-11(2)14-13(21)15(12(3)4)23-16(22-14)24(17(25)27-19(5,6)7)18(26)28-20(8,9)10/h11-12H,21H2,1-10H3. The lowest BCUT2D eigenvalue weighted by Crippen LogP contribution is -2.45. The van der Waals surface area contributed by atoms with Crippen LogP contribution in [0.25, 0.3) is 0 Å². The van der Waals surface area contributed by atoms with Gasteiger partial charge in [-0.25, -0.2) is 19.6 Å². The lowest BCUT2D eigenvalue weighted by molar-refractivity contribution is 0.0427. The van der Waals surface area contributed by atoms with E-state index in [4.69, 9.17) is 15.2 Å². The van der Waals surface area contributed by atoms with Gasteiger partial charge in [0.05, 0.1) is 17.1 Å². The number of imide groups is 1. The normalized spacial score (nSPS) is 12.3. The Morgan fingerprint density at radius 2 is 1.14 bits per heavy atom. The molecule has 0 radical (unpaired) electrons. The van der Waals surface area contributed by atoms with E-state index in [2.05, 4.69) is 9.97 Å². The fourth-order valence-corrected chi connectivity index (χ4v) is 2.33. The summed E-state index contributed by atoms with van der Waals surface area (Å²) in [5, 5.41) is 0. The lowest BCUT2D eigenvalue weighted by atomic mass is 10.0. The number of amides is 2. The number of hydrogen-bond acceptors (Lipinski definition) is 7. The maximum absolute atomic E-state index is 12.8. The molecule has 0 spiro atoms. The van der Waals surface area contributed by atoms with Crippen LogP contribution in [0.1, 0.15) is 92.5 Å². The predicted molar refractivity (Wildman–Crippen MR) is 110 cm³/mol. The topological polar surface area (TPSA) is 108 Å². The Balaban J connectivity index is 3.60. The van der Waals surface area contributed by atoms with Gasteiger partial charge in [-0.15, -0.1) is 4.90 Å². The highest BCUT2D eigenvalue weighted by Crippen LogP contribution is 2.30. The van der Waals surface area contributed by atoms with Gasteiger partial charge in [0.2, 0.25) is 5.95 Å². The molecule has 8 nitrogen and oxygen atoms in total. The Morgan fingerprint density at radius 1 is 0.821 bits per heavy atom. The highest BCUT2D eigenvalue weighted by atomic mass is 16.6. The maximum Gasteiger partial charge on any atom is 0.427 e. The smallest absolute Gasteiger partial charge is 0.427 e. The predicted octanol–water partition coefficient (Wildman–Crippen LogP) is 4.98. The molecule has 1 aromatic rings. The number of hydrogen-bond donors (Lipinski definition) is 1. The lowest BCUT2D eigenvalue weighted by Gasteiger charge is -2.28. The Hall–Kier alpha value is -2.38. The molecule has 0 saturated carbocycles. The van der Waals surface area contributed by atoms with E-state index in [1.165, 1.54) is 0 Å². The Bertz CT molecular complexity index is 674. The van der Waals surface area contributed by atoms with Crippen molar-refractivity contribution in [3.05, 3.63) is 11.4 Å². The summed E-state index contributed by atoms with van der Waals surface area (Å²) in [6, 6.07) is 0. The maximum atomic E-state index is 12.8. The Morgan fingerprint density at radius 3 is 1.39 bits per heavy atom. The number of anilines is 2. The van der Waals surface area contributed by atoms with Gasteiger partial charge in [-0.3, -0.25) is 0 Å². The number of rotatable bonds is 3. The highest BCUT2D eigenvalue weighted by Gasteiger charge is 2.35. The van der Waals surface area contributed by atoms with Crippen LogP contribution in [0.15, 0.2) is 0 Å². The molecule has 158 valence electrons. The SMILES string of the molecule is CC(C)c1nc(N(C(=O)OC(C)(C)C)C(=O)OC(C)(C)C)nc(C(C)C)c1N. The van der Waals surface area contributed by atoms with Gasteiger partial charge in [0.1, 0.15) is 11.2 Å². The number of ether oxygens (including phenoxy) is 2. The van der Waals surface area contributed by atoms with Crippen LogP contribution in [0.5, 0.6) is 0 Å². The van der Waals surface area contributed by atoms with Gasteiger partial charge in [0, 0.05) is 0 Å². The van der Waals surface area contributed by atoms with Gasteiger partial charge in [-0.1, -0.05) is 27.7 Å². The van der Waals surface area contributed by atoms with Crippen LogP contribution in [-0.4, -0.2) is 33.4 Å². The van der Waals surface area contributed by atoms with Crippen LogP contribution in [0, 0.1) is 0 Å². The fraction of sp³-hybridized carbons (Fsp3) is 0.700. The number of carbonyl (C=O) groups is 2. The first kappa shape index (κ1) is 23.7. The van der Waals surface area contributed by atoms with Gasteiger partial charge >= 0.3 is 12.2 Å². The fourth-order valence-electron chi connectivity index (χ4n) is 2.33. The summed E-state index contributed by atoms with van der Waals surface area (Å²) < 4.78 is 10.8. The van der Waals surface area contributed by atoms with Crippen LogP contribution in [0.3, 0.4) is 0 Å². The zero-order valence-corrected chi connectivity index (χ0v) is 18.7. The van der Waals surface area contributed by atoms with Crippen molar-refractivity contribution in [1.29, 1.82) is 0 Å². The second-order valence-electron chi connectivity index (χ2n) is 9.31. The van der Waals surface area contributed by atoms with E-state index in [1.807, 2.05) is 27.7 Å². The molecular weight excluding hydrogens is 360 g/mol. The molecule has 1 rings (SSSR count). The van der Waals surface area contributed by atoms with Crippen LogP contribution in [0.2, 0.25) is 0 Å². The van der Waals surface area contributed by atoms with Crippen molar-refractivity contribution >= 4 is 23.8 Å². The molecule has 8 heteroatoms. The third kappa shape index (κ3) is 6.35. The zero-order chi connectivity index (χ0) is 22.0. The van der Waals surface area contributed by atoms with Crippen molar-refractivity contribution < 1.29 is 19.1 Å². The van der Waals surface area contributed by atoms with E-state index < -0.39 is 23.4 Å². The number of nitrogens with two attached hydrogens (primary N) is 1.